The lowest BCUT2D eigenvalue weighted by Crippen LogP contribution is -2.32. The predicted octanol–water partition coefficient (Wildman–Crippen LogP) is 1.24. The number of hydrogen-bond acceptors (Lipinski definition) is 3. The van der Waals surface area contributed by atoms with Crippen LogP contribution in [0.1, 0.15) is 31.9 Å². The van der Waals surface area contributed by atoms with Crippen molar-refractivity contribution in [3.63, 3.8) is 0 Å². The summed E-state index contributed by atoms with van der Waals surface area (Å²) in [7, 11) is 0. The van der Waals surface area contributed by atoms with Gasteiger partial charge in [0.05, 0.1) is 6.04 Å². The molecule has 0 radical (unpaired) electrons. The average Bonchev–Trinajstić information content (AvgIpc) is 2.30. The Bertz CT molecular complexity index is 326. The zero-order chi connectivity index (χ0) is 12.0. The highest BCUT2D eigenvalue weighted by Gasteiger charge is 2.14. The number of carbonyl (C=O) groups is 1. The SMILES string of the molecule is CC(CCN)C(=O)NC(C)c1ccncc1. The lowest BCUT2D eigenvalue weighted by molar-refractivity contribution is -0.125. The fourth-order valence-corrected chi connectivity index (χ4v) is 1.47. The van der Waals surface area contributed by atoms with Crippen LogP contribution in [0.2, 0.25) is 0 Å². The van der Waals surface area contributed by atoms with Crippen molar-refractivity contribution in [3.05, 3.63) is 30.1 Å². The molecule has 0 aliphatic heterocycles. The van der Waals surface area contributed by atoms with E-state index in [2.05, 4.69) is 10.3 Å². The first-order valence-corrected chi connectivity index (χ1v) is 5.55. The van der Waals surface area contributed by atoms with Crippen LogP contribution in [0.5, 0.6) is 0 Å². The minimum Gasteiger partial charge on any atom is -0.349 e. The molecule has 0 aliphatic carbocycles. The molecule has 1 rings (SSSR count). The van der Waals surface area contributed by atoms with E-state index < -0.39 is 0 Å². The van der Waals surface area contributed by atoms with Crippen LogP contribution in [0.15, 0.2) is 24.5 Å². The normalized spacial score (nSPS) is 14.2. The van der Waals surface area contributed by atoms with E-state index in [4.69, 9.17) is 5.73 Å². The summed E-state index contributed by atoms with van der Waals surface area (Å²) in [6.07, 6.45) is 4.16. The predicted molar refractivity (Wildman–Crippen MR) is 63.6 cm³/mol. The van der Waals surface area contributed by atoms with Gasteiger partial charge in [-0.1, -0.05) is 6.92 Å². The third-order valence-corrected chi connectivity index (χ3v) is 2.61. The molecule has 1 amide bonds. The molecule has 2 atom stereocenters. The minimum atomic E-state index is -0.0331. The van der Waals surface area contributed by atoms with Crippen LogP contribution >= 0.6 is 0 Å². The summed E-state index contributed by atoms with van der Waals surface area (Å²) in [5, 5.41) is 2.96. The fraction of sp³-hybridized carbons (Fsp3) is 0.500. The van der Waals surface area contributed by atoms with Gasteiger partial charge in [-0.25, -0.2) is 0 Å². The van der Waals surface area contributed by atoms with Crippen molar-refractivity contribution in [1.82, 2.24) is 10.3 Å². The minimum absolute atomic E-state index is 0.00993. The molecule has 0 aliphatic rings. The highest BCUT2D eigenvalue weighted by Crippen LogP contribution is 2.11. The monoisotopic (exact) mass is 221 g/mol. The summed E-state index contributed by atoms with van der Waals surface area (Å²) in [5.74, 6) is 0.0176. The maximum absolute atomic E-state index is 11.7. The number of nitrogens with one attached hydrogen (secondary N) is 1. The van der Waals surface area contributed by atoms with E-state index in [1.807, 2.05) is 26.0 Å². The highest BCUT2D eigenvalue weighted by atomic mass is 16.1. The Morgan fingerprint density at radius 2 is 2.06 bits per heavy atom. The molecule has 0 saturated heterocycles. The maximum Gasteiger partial charge on any atom is 0.223 e. The Balaban J connectivity index is 2.51. The van der Waals surface area contributed by atoms with Crippen molar-refractivity contribution < 1.29 is 4.79 Å². The fourth-order valence-electron chi connectivity index (χ4n) is 1.47. The van der Waals surface area contributed by atoms with Crippen molar-refractivity contribution in [2.75, 3.05) is 6.54 Å². The quantitative estimate of drug-likeness (QED) is 0.786. The summed E-state index contributed by atoms with van der Waals surface area (Å²) in [5.41, 5.74) is 6.48. The first kappa shape index (κ1) is 12.6. The number of amides is 1. The summed E-state index contributed by atoms with van der Waals surface area (Å²) < 4.78 is 0. The topological polar surface area (TPSA) is 68.0 Å². The Morgan fingerprint density at radius 1 is 1.44 bits per heavy atom. The average molecular weight is 221 g/mol. The van der Waals surface area contributed by atoms with Crippen molar-refractivity contribution >= 4 is 5.91 Å². The second-order valence-electron chi connectivity index (χ2n) is 3.99. The standard InChI is InChI=1S/C12H19N3O/c1-9(3-6-13)12(16)15-10(2)11-4-7-14-8-5-11/h4-5,7-10H,3,6,13H2,1-2H3,(H,15,16). The summed E-state index contributed by atoms with van der Waals surface area (Å²) in [6.45, 7) is 4.39. The third-order valence-electron chi connectivity index (χ3n) is 2.61. The first-order chi connectivity index (χ1) is 7.65. The van der Waals surface area contributed by atoms with E-state index in [0.29, 0.717) is 6.54 Å². The summed E-state index contributed by atoms with van der Waals surface area (Å²) in [4.78, 5) is 15.7. The third kappa shape index (κ3) is 3.62. The molecule has 88 valence electrons. The lowest BCUT2D eigenvalue weighted by Gasteiger charge is -2.17. The van der Waals surface area contributed by atoms with Gasteiger partial charge in [0.2, 0.25) is 5.91 Å². The Morgan fingerprint density at radius 3 is 2.62 bits per heavy atom. The largest absolute Gasteiger partial charge is 0.349 e. The molecular weight excluding hydrogens is 202 g/mol. The molecule has 0 fully saturated rings. The molecule has 16 heavy (non-hydrogen) atoms. The van der Waals surface area contributed by atoms with Crippen LogP contribution in [-0.4, -0.2) is 17.4 Å². The van der Waals surface area contributed by atoms with Gasteiger partial charge in [0.25, 0.3) is 0 Å². The maximum atomic E-state index is 11.7. The second-order valence-corrected chi connectivity index (χ2v) is 3.99. The number of pyridine rings is 1. The number of nitrogens with zero attached hydrogens (tertiary/aromatic N) is 1. The lowest BCUT2D eigenvalue weighted by atomic mass is 10.1. The molecule has 1 aromatic rings. The Labute approximate surface area is 96.3 Å². The number of carbonyl (C=O) groups excluding carboxylic acids is 1. The van der Waals surface area contributed by atoms with Crippen LogP contribution in [-0.2, 0) is 4.79 Å². The second kappa shape index (κ2) is 6.23. The van der Waals surface area contributed by atoms with Crippen molar-refractivity contribution in [3.8, 4) is 0 Å². The molecule has 3 N–H and O–H groups in total. The zero-order valence-electron chi connectivity index (χ0n) is 9.81. The van der Waals surface area contributed by atoms with Gasteiger partial charge in [0, 0.05) is 18.3 Å². The zero-order valence-corrected chi connectivity index (χ0v) is 9.81. The van der Waals surface area contributed by atoms with E-state index in [-0.39, 0.29) is 17.9 Å². The van der Waals surface area contributed by atoms with E-state index in [1.54, 1.807) is 12.4 Å². The van der Waals surface area contributed by atoms with Crippen molar-refractivity contribution in [2.45, 2.75) is 26.3 Å². The number of aromatic nitrogens is 1. The molecule has 1 aromatic heterocycles. The van der Waals surface area contributed by atoms with E-state index >= 15 is 0 Å². The smallest absolute Gasteiger partial charge is 0.223 e. The summed E-state index contributed by atoms with van der Waals surface area (Å²) >= 11 is 0. The van der Waals surface area contributed by atoms with Gasteiger partial charge in [-0.15, -0.1) is 0 Å². The van der Waals surface area contributed by atoms with Crippen LogP contribution in [0.4, 0.5) is 0 Å². The number of nitrogens with two attached hydrogens (primary N) is 1. The van der Waals surface area contributed by atoms with E-state index in [0.717, 1.165) is 12.0 Å². The molecule has 0 bridgehead atoms. The molecule has 0 saturated carbocycles. The van der Waals surface area contributed by atoms with Gasteiger partial charge >= 0.3 is 0 Å². The van der Waals surface area contributed by atoms with Crippen LogP contribution < -0.4 is 11.1 Å². The molecule has 0 aromatic carbocycles. The van der Waals surface area contributed by atoms with Crippen molar-refractivity contribution in [2.24, 2.45) is 11.7 Å². The highest BCUT2D eigenvalue weighted by molar-refractivity contribution is 5.78. The first-order valence-electron chi connectivity index (χ1n) is 5.55. The van der Waals surface area contributed by atoms with Gasteiger partial charge in [-0.3, -0.25) is 9.78 Å². The molecule has 4 nitrogen and oxygen atoms in total. The van der Waals surface area contributed by atoms with Crippen LogP contribution in [0.25, 0.3) is 0 Å². The number of hydrogen-bond donors (Lipinski definition) is 2. The van der Waals surface area contributed by atoms with Gasteiger partial charge in [-0.2, -0.15) is 0 Å². The van der Waals surface area contributed by atoms with Gasteiger partial charge in [0.1, 0.15) is 0 Å². The van der Waals surface area contributed by atoms with Gasteiger partial charge < -0.3 is 11.1 Å². The van der Waals surface area contributed by atoms with Gasteiger partial charge in [-0.05, 0) is 37.6 Å². The summed E-state index contributed by atoms with van der Waals surface area (Å²) in [6, 6.07) is 3.81. The van der Waals surface area contributed by atoms with Crippen molar-refractivity contribution in [1.29, 1.82) is 0 Å². The van der Waals surface area contributed by atoms with Crippen LogP contribution in [0, 0.1) is 5.92 Å². The van der Waals surface area contributed by atoms with Gasteiger partial charge in [0.15, 0.2) is 0 Å². The van der Waals surface area contributed by atoms with E-state index in [9.17, 15) is 4.79 Å². The molecule has 0 spiro atoms. The van der Waals surface area contributed by atoms with Crippen LogP contribution in [0.3, 0.4) is 0 Å². The Hall–Kier alpha value is -1.42. The Kier molecular flexibility index (Phi) is 4.92. The molecule has 1 heterocycles. The molecule has 2 unspecified atom stereocenters. The molecule has 4 heteroatoms. The van der Waals surface area contributed by atoms with E-state index in [1.165, 1.54) is 0 Å². The molecular formula is C12H19N3O. The number of rotatable bonds is 5.